The quantitative estimate of drug-likeness (QED) is 0.517. The van der Waals surface area contributed by atoms with Gasteiger partial charge in [0.1, 0.15) is 0 Å². The van der Waals surface area contributed by atoms with Crippen LogP contribution in [0.15, 0.2) is 0 Å². The maximum Gasteiger partial charge on any atom is 0.00946 e. The molecule has 4 aliphatic carbocycles. The minimum atomic E-state index is 0.449. The Morgan fingerprint density at radius 3 is 2.21 bits per heavy atom. The van der Waals surface area contributed by atoms with Crippen molar-refractivity contribution in [3.63, 3.8) is 0 Å². The van der Waals surface area contributed by atoms with E-state index >= 15 is 0 Å². The zero-order chi connectivity index (χ0) is 17.3. The molecular formula is C23H39N. The van der Waals surface area contributed by atoms with E-state index in [4.69, 9.17) is 5.41 Å². The van der Waals surface area contributed by atoms with Crippen molar-refractivity contribution in [3.8, 4) is 0 Å². The third-order valence-corrected chi connectivity index (χ3v) is 9.73. The Morgan fingerprint density at radius 1 is 0.792 bits per heavy atom. The predicted molar refractivity (Wildman–Crippen MR) is 102 cm³/mol. The van der Waals surface area contributed by atoms with E-state index in [1.165, 1.54) is 57.8 Å². The number of hydrogen-bond donors (Lipinski definition) is 1. The average Bonchev–Trinajstić information content (AvgIpc) is 2.85. The molecule has 1 heteroatoms. The molecule has 136 valence electrons. The summed E-state index contributed by atoms with van der Waals surface area (Å²) in [5, 5.41) is 8.30. The zero-order valence-corrected chi connectivity index (χ0v) is 16.8. The summed E-state index contributed by atoms with van der Waals surface area (Å²) in [5.41, 5.74) is 2.62. The third kappa shape index (κ3) is 2.28. The van der Waals surface area contributed by atoms with E-state index in [1.807, 2.05) is 0 Å². The van der Waals surface area contributed by atoms with Crippen LogP contribution in [0.5, 0.6) is 0 Å². The van der Waals surface area contributed by atoms with Gasteiger partial charge in [-0.25, -0.2) is 0 Å². The van der Waals surface area contributed by atoms with Crippen molar-refractivity contribution in [1.82, 2.24) is 0 Å². The summed E-state index contributed by atoms with van der Waals surface area (Å²) in [7, 11) is 0. The van der Waals surface area contributed by atoms with Crippen LogP contribution in [-0.4, -0.2) is 5.71 Å². The van der Waals surface area contributed by atoms with Crippen LogP contribution in [0.1, 0.15) is 92.4 Å². The smallest absolute Gasteiger partial charge is 0.00946 e. The molecule has 0 bridgehead atoms. The molecular weight excluding hydrogens is 290 g/mol. The molecule has 0 saturated heterocycles. The first-order valence-electron chi connectivity index (χ1n) is 10.7. The molecule has 24 heavy (non-hydrogen) atoms. The molecule has 4 aliphatic rings. The molecule has 4 saturated carbocycles. The molecule has 0 aromatic rings. The van der Waals surface area contributed by atoms with E-state index < -0.39 is 0 Å². The summed E-state index contributed by atoms with van der Waals surface area (Å²) in [6.45, 7) is 12.3. The monoisotopic (exact) mass is 329 g/mol. The van der Waals surface area contributed by atoms with Crippen molar-refractivity contribution in [1.29, 1.82) is 5.41 Å². The second kappa shape index (κ2) is 5.34. The van der Waals surface area contributed by atoms with Gasteiger partial charge >= 0.3 is 0 Å². The van der Waals surface area contributed by atoms with Crippen molar-refractivity contribution in [2.45, 2.75) is 92.4 Å². The SMILES string of the molecule is CC(=N)[C@H]1CC[C@H]2[C@@H]3CC[C@H]4CC(C)(C)CC[C@]4(C)[C@H]3CC[C@]12C. The molecule has 0 heterocycles. The van der Waals surface area contributed by atoms with E-state index in [0.717, 1.165) is 29.4 Å². The molecule has 1 nitrogen and oxygen atoms in total. The van der Waals surface area contributed by atoms with E-state index in [-0.39, 0.29) is 0 Å². The third-order valence-electron chi connectivity index (χ3n) is 9.73. The van der Waals surface area contributed by atoms with Crippen molar-refractivity contribution in [2.24, 2.45) is 45.8 Å². The Morgan fingerprint density at radius 2 is 1.50 bits per heavy atom. The number of rotatable bonds is 1. The van der Waals surface area contributed by atoms with Gasteiger partial charge in [-0.15, -0.1) is 0 Å². The number of hydrogen-bond acceptors (Lipinski definition) is 1. The van der Waals surface area contributed by atoms with Crippen molar-refractivity contribution < 1.29 is 0 Å². The van der Waals surface area contributed by atoms with Gasteiger partial charge in [-0.3, -0.25) is 0 Å². The van der Waals surface area contributed by atoms with Crippen molar-refractivity contribution in [3.05, 3.63) is 0 Å². The highest BCUT2D eigenvalue weighted by molar-refractivity contribution is 5.82. The van der Waals surface area contributed by atoms with Gasteiger partial charge in [0.2, 0.25) is 0 Å². The van der Waals surface area contributed by atoms with Gasteiger partial charge in [-0.05, 0) is 105 Å². The van der Waals surface area contributed by atoms with Crippen LogP contribution in [0.25, 0.3) is 0 Å². The summed E-state index contributed by atoms with van der Waals surface area (Å²) < 4.78 is 0. The van der Waals surface area contributed by atoms with E-state index in [9.17, 15) is 0 Å². The fourth-order valence-electron chi connectivity index (χ4n) is 8.35. The van der Waals surface area contributed by atoms with Gasteiger partial charge in [-0.2, -0.15) is 0 Å². The van der Waals surface area contributed by atoms with Crippen LogP contribution in [0.4, 0.5) is 0 Å². The molecule has 4 fully saturated rings. The second-order valence-electron chi connectivity index (χ2n) is 11.4. The minimum absolute atomic E-state index is 0.449. The normalized spacial score (nSPS) is 53.0. The maximum absolute atomic E-state index is 8.30. The van der Waals surface area contributed by atoms with E-state index in [2.05, 4.69) is 34.6 Å². The lowest BCUT2D eigenvalue weighted by Gasteiger charge is -2.62. The Kier molecular flexibility index (Phi) is 3.80. The molecule has 0 aromatic heterocycles. The van der Waals surface area contributed by atoms with Crippen molar-refractivity contribution in [2.75, 3.05) is 0 Å². The van der Waals surface area contributed by atoms with Gasteiger partial charge in [0, 0.05) is 11.6 Å². The number of fused-ring (bicyclic) bond motifs is 5. The zero-order valence-electron chi connectivity index (χ0n) is 16.8. The number of nitrogens with one attached hydrogen (secondary N) is 1. The Hall–Kier alpha value is -0.330. The van der Waals surface area contributed by atoms with E-state index in [1.54, 1.807) is 0 Å². The molecule has 0 amide bonds. The fourth-order valence-corrected chi connectivity index (χ4v) is 8.35. The molecule has 7 atom stereocenters. The summed E-state index contributed by atoms with van der Waals surface area (Å²) in [6, 6.07) is 0. The first-order valence-corrected chi connectivity index (χ1v) is 10.7. The first-order chi connectivity index (χ1) is 11.2. The van der Waals surface area contributed by atoms with Gasteiger partial charge in [0.05, 0.1) is 0 Å². The lowest BCUT2D eigenvalue weighted by molar-refractivity contribution is -0.123. The highest BCUT2D eigenvalue weighted by atomic mass is 14.7. The van der Waals surface area contributed by atoms with Gasteiger partial charge < -0.3 is 5.41 Å². The fraction of sp³-hybridized carbons (Fsp3) is 0.957. The summed E-state index contributed by atoms with van der Waals surface area (Å²) >= 11 is 0. The van der Waals surface area contributed by atoms with Gasteiger partial charge in [0.15, 0.2) is 0 Å². The predicted octanol–water partition coefficient (Wildman–Crippen LogP) is 6.71. The maximum atomic E-state index is 8.30. The largest absolute Gasteiger partial charge is 0.310 e. The second-order valence-corrected chi connectivity index (χ2v) is 11.4. The summed E-state index contributed by atoms with van der Waals surface area (Å²) in [5.74, 6) is 4.42. The molecule has 0 spiro atoms. The highest BCUT2D eigenvalue weighted by Gasteiger charge is 2.60. The highest BCUT2D eigenvalue weighted by Crippen LogP contribution is 2.68. The van der Waals surface area contributed by atoms with Crippen LogP contribution in [0, 0.1) is 51.2 Å². The van der Waals surface area contributed by atoms with Crippen LogP contribution in [0.3, 0.4) is 0 Å². The van der Waals surface area contributed by atoms with Crippen molar-refractivity contribution >= 4 is 5.71 Å². The molecule has 0 radical (unpaired) electrons. The van der Waals surface area contributed by atoms with Crippen LogP contribution >= 0.6 is 0 Å². The van der Waals surface area contributed by atoms with Crippen LogP contribution in [0.2, 0.25) is 0 Å². The lowest BCUT2D eigenvalue weighted by Crippen LogP contribution is -2.54. The molecule has 1 N–H and O–H groups in total. The Labute approximate surface area is 149 Å². The van der Waals surface area contributed by atoms with Crippen LogP contribution in [-0.2, 0) is 0 Å². The molecule has 0 aliphatic heterocycles. The van der Waals surface area contributed by atoms with Gasteiger partial charge in [-0.1, -0.05) is 27.7 Å². The average molecular weight is 330 g/mol. The van der Waals surface area contributed by atoms with Gasteiger partial charge in [0.25, 0.3) is 0 Å². The Balaban J connectivity index is 1.61. The summed E-state index contributed by atoms with van der Waals surface area (Å²) in [6.07, 6.45) is 12.9. The van der Waals surface area contributed by atoms with E-state index in [0.29, 0.717) is 22.2 Å². The molecule has 0 unspecified atom stereocenters. The lowest BCUT2D eigenvalue weighted by atomic mass is 9.43. The van der Waals surface area contributed by atoms with Crippen LogP contribution < -0.4 is 0 Å². The first kappa shape index (κ1) is 17.1. The minimum Gasteiger partial charge on any atom is -0.310 e. The standard InChI is InChI=1S/C23H39N/c1-15(24)18-8-9-19-17-7-6-16-14-21(2,3)12-13-22(16,4)20(17)10-11-23(18,19)5/h16-20,24H,6-14H2,1-5H3/t16-,17-,18+,19-,20-,22-,23+/m0/s1. The topological polar surface area (TPSA) is 23.9 Å². The summed E-state index contributed by atoms with van der Waals surface area (Å²) in [4.78, 5) is 0. The molecule has 0 aromatic carbocycles. The Bertz CT molecular complexity index is 534. The molecule has 4 rings (SSSR count).